The molecule has 8 nitrogen and oxygen atoms in total. The van der Waals surface area contributed by atoms with Gasteiger partial charge in [0.25, 0.3) is 5.91 Å². The average Bonchev–Trinajstić information content (AvgIpc) is 2.86. The Morgan fingerprint density at radius 1 is 1.03 bits per heavy atom. The van der Waals surface area contributed by atoms with Crippen molar-refractivity contribution in [1.82, 2.24) is 4.31 Å². The Morgan fingerprint density at radius 3 is 2.38 bits per heavy atom. The van der Waals surface area contributed by atoms with E-state index in [4.69, 9.17) is 9.47 Å². The lowest BCUT2D eigenvalue weighted by Crippen LogP contribution is -2.38. The minimum absolute atomic E-state index is 0.147. The normalized spacial score (nSPS) is 18.4. The number of morpholine rings is 1. The van der Waals surface area contributed by atoms with Crippen LogP contribution in [0.25, 0.3) is 0 Å². The molecule has 1 atom stereocenters. The fourth-order valence-electron chi connectivity index (χ4n) is 4.12. The van der Waals surface area contributed by atoms with Gasteiger partial charge in [0.05, 0.1) is 29.5 Å². The number of benzene rings is 2. The van der Waals surface area contributed by atoms with Crippen molar-refractivity contribution in [3.63, 3.8) is 0 Å². The molecule has 0 unspecified atom stereocenters. The second-order valence-electron chi connectivity index (χ2n) is 8.45. The van der Waals surface area contributed by atoms with E-state index in [0.29, 0.717) is 50.8 Å². The van der Waals surface area contributed by atoms with Crippen LogP contribution < -0.4 is 15.0 Å². The van der Waals surface area contributed by atoms with Gasteiger partial charge in [-0.3, -0.25) is 4.79 Å². The van der Waals surface area contributed by atoms with Crippen LogP contribution in [0.1, 0.15) is 26.2 Å². The van der Waals surface area contributed by atoms with Crippen LogP contribution in [0.5, 0.6) is 5.75 Å². The van der Waals surface area contributed by atoms with E-state index in [1.807, 2.05) is 0 Å². The maximum absolute atomic E-state index is 13.2. The minimum atomic E-state index is -3.67. The number of hydrogen-bond donors (Lipinski definition) is 1. The van der Waals surface area contributed by atoms with Gasteiger partial charge >= 0.3 is 0 Å². The molecule has 1 N–H and O–H groups in total. The number of sulfonamides is 1. The van der Waals surface area contributed by atoms with Crippen LogP contribution in [0, 0.1) is 5.82 Å². The summed E-state index contributed by atoms with van der Waals surface area (Å²) in [6, 6.07) is 10.3. The molecule has 34 heavy (non-hydrogen) atoms. The number of ether oxygens (including phenoxy) is 2. The maximum Gasteiger partial charge on any atom is 0.265 e. The number of nitrogens with zero attached hydrogens (tertiary/aromatic N) is 2. The Morgan fingerprint density at radius 2 is 1.71 bits per heavy atom. The van der Waals surface area contributed by atoms with Gasteiger partial charge in [0.15, 0.2) is 6.10 Å². The molecule has 1 amide bonds. The molecule has 4 rings (SSSR count). The van der Waals surface area contributed by atoms with Gasteiger partial charge < -0.3 is 19.7 Å². The average molecular weight is 492 g/mol. The summed E-state index contributed by atoms with van der Waals surface area (Å²) in [5, 5.41) is 2.85. The van der Waals surface area contributed by atoms with Crippen molar-refractivity contribution < 1.29 is 27.1 Å². The van der Waals surface area contributed by atoms with Crippen molar-refractivity contribution in [3.05, 3.63) is 48.3 Å². The molecule has 0 aliphatic carbocycles. The molecule has 0 spiro atoms. The predicted octanol–water partition coefficient (Wildman–Crippen LogP) is 3.24. The lowest BCUT2D eigenvalue weighted by atomic mass is 10.2. The van der Waals surface area contributed by atoms with E-state index in [9.17, 15) is 17.6 Å². The quantitative estimate of drug-likeness (QED) is 0.640. The van der Waals surface area contributed by atoms with E-state index >= 15 is 0 Å². The van der Waals surface area contributed by atoms with Gasteiger partial charge in [-0.15, -0.1) is 0 Å². The van der Waals surface area contributed by atoms with Crippen molar-refractivity contribution >= 4 is 27.3 Å². The fraction of sp³-hybridized carbons (Fsp3) is 0.458. The first kappa shape index (κ1) is 24.4. The maximum atomic E-state index is 13.2. The third kappa shape index (κ3) is 5.68. The summed E-state index contributed by atoms with van der Waals surface area (Å²) in [5.41, 5.74) is 1.13. The summed E-state index contributed by atoms with van der Waals surface area (Å²) in [6.45, 7) is 4.93. The van der Waals surface area contributed by atoms with Gasteiger partial charge in [-0.25, -0.2) is 12.8 Å². The Kier molecular flexibility index (Phi) is 7.70. The topological polar surface area (TPSA) is 88.2 Å². The Balaban J connectivity index is 1.59. The van der Waals surface area contributed by atoms with Crippen LogP contribution in [0.4, 0.5) is 15.8 Å². The number of piperidine rings is 1. The molecule has 184 valence electrons. The second kappa shape index (κ2) is 10.7. The number of carbonyl (C=O) groups is 1. The zero-order valence-corrected chi connectivity index (χ0v) is 20.0. The predicted molar refractivity (Wildman–Crippen MR) is 127 cm³/mol. The summed E-state index contributed by atoms with van der Waals surface area (Å²) in [6.07, 6.45) is 1.82. The monoisotopic (exact) mass is 491 g/mol. The Labute approximate surface area is 199 Å². The first-order chi connectivity index (χ1) is 16.3. The van der Waals surface area contributed by atoms with Gasteiger partial charge in [0, 0.05) is 26.2 Å². The van der Waals surface area contributed by atoms with E-state index in [1.54, 1.807) is 19.1 Å². The number of carbonyl (C=O) groups excluding carboxylic acids is 1. The van der Waals surface area contributed by atoms with Crippen LogP contribution in [0.3, 0.4) is 0 Å². The van der Waals surface area contributed by atoms with Crippen LogP contribution in [0.2, 0.25) is 0 Å². The number of rotatable bonds is 7. The minimum Gasteiger partial charge on any atom is -0.481 e. The summed E-state index contributed by atoms with van der Waals surface area (Å²) in [5.74, 6) is -0.475. The molecule has 0 saturated carbocycles. The fourth-order valence-corrected chi connectivity index (χ4v) is 5.66. The van der Waals surface area contributed by atoms with E-state index in [2.05, 4.69) is 10.2 Å². The largest absolute Gasteiger partial charge is 0.481 e. The van der Waals surface area contributed by atoms with Crippen LogP contribution in [-0.2, 0) is 19.6 Å². The van der Waals surface area contributed by atoms with E-state index in [0.717, 1.165) is 24.9 Å². The van der Waals surface area contributed by atoms with Gasteiger partial charge in [-0.2, -0.15) is 4.31 Å². The zero-order valence-electron chi connectivity index (χ0n) is 19.2. The molecule has 2 saturated heterocycles. The van der Waals surface area contributed by atoms with Crippen molar-refractivity contribution in [2.24, 2.45) is 0 Å². The molecular weight excluding hydrogens is 461 g/mol. The van der Waals surface area contributed by atoms with Crippen molar-refractivity contribution in [2.45, 2.75) is 37.2 Å². The highest BCUT2D eigenvalue weighted by atomic mass is 32.2. The second-order valence-corrected chi connectivity index (χ2v) is 10.4. The Bertz CT molecular complexity index is 1100. The molecule has 2 fully saturated rings. The van der Waals surface area contributed by atoms with Gasteiger partial charge in [-0.1, -0.05) is 6.42 Å². The SMILES string of the molecule is C[C@H](Oc1ccc(F)cc1)C(=O)Nc1cc(S(=O)(=O)N2CCCCC2)ccc1N1CCOCC1. The summed E-state index contributed by atoms with van der Waals surface area (Å²) in [4.78, 5) is 15.2. The lowest BCUT2D eigenvalue weighted by molar-refractivity contribution is -0.122. The molecule has 2 aliphatic heterocycles. The summed E-state index contributed by atoms with van der Waals surface area (Å²) < 4.78 is 52.2. The van der Waals surface area contributed by atoms with Crippen molar-refractivity contribution in [2.75, 3.05) is 49.6 Å². The van der Waals surface area contributed by atoms with Crippen LogP contribution in [0.15, 0.2) is 47.4 Å². The molecule has 2 heterocycles. The highest BCUT2D eigenvalue weighted by Crippen LogP contribution is 2.32. The smallest absolute Gasteiger partial charge is 0.265 e. The molecular formula is C24H30FN3O5S. The third-order valence-electron chi connectivity index (χ3n) is 6.03. The highest BCUT2D eigenvalue weighted by molar-refractivity contribution is 7.89. The van der Waals surface area contributed by atoms with Crippen LogP contribution >= 0.6 is 0 Å². The van der Waals surface area contributed by atoms with Crippen LogP contribution in [-0.4, -0.2) is 64.1 Å². The molecule has 2 aromatic rings. The molecule has 2 aliphatic rings. The van der Waals surface area contributed by atoms with Gasteiger partial charge in [0.1, 0.15) is 11.6 Å². The molecule has 0 radical (unpaired) electrons. The summed E-state index contributed by atoms with van der Waals surface area (Å²) >= 11 is 0. The molecule has 2 aromatic carbocycles. The molecule has 0 aromatic heterocycles. The molecule has 10 heteroatoms. The summed E-state index contributed by atoms with van der Waals surface area (Å²) in [7, 11) is -3.67. The first-order valence-corrected chi connectivity index (χ1v) is 13.0. The standard InChI is InChI=1S/C24H30FN3O5S/c1-18(33-20-7-5-19(25)6-8-20)24(29)26-22-17-21(34(30,31)28-11-3-2-4-12-28)9-10-23(22)27-13-15-32-16-14-27/h5-10,17-18H,2-4,11-16H2,1H3,(H,26,29)/t18-/m0/s1. The Hall–Kier alpha value is -2.69. The lowest BCUT2D eigenvalue weighted by Gasteiger charge is -2.31. The van der Waals surface area contributed by atoms with Gasteiger partial charge in [-0.05, 0) is 62.2 Å². The number of nitrogens with one attached hydrogen (secondary N) is 1. The number of amides is 1. The zero-order chi connectivity index (χ0) is 24.1. The third-order valence-corrected chi connectivity index (χ3v) is 7.92. The van der Waals surface area contributed by atoms with E-state index in [1.165, 1.54) is 34.6 Å². The van der Waals surface area contributed by atoms with Gasteiger partial charge in [0.2, 0.25) is 10.0 Å². The van der Waals surface area contributed by atoms with E-state index in [-0.39, 0.29) is 4.90 Å². The van der Waals surface area contributed by atoms with Crippen molar-refractivity contribution in [1.29, 1.82) is 0 Å². The van der Waals surface area contributed by atoms with Crippen molar-refractivity contribution in [3.8, 4) is 5.75 Å². The number of hydrogen-bond acceptors (Lipinski definition) is 6. The van der Waals surface area contributed by atoms with E-state index < -0.39 is 27.9 Å². The highest BCUT2D eigenvalue weighted by Gasteiger charge is 2.28. The molecule has 0 bridgehead atoms. The first-order valence-electron chi connectivity index (χ1n) is 11.5. The number of halogens is 1. The number of anilines is 2.